The molecule has 4 atom stereocenters. The van der Waals surface area contributed by atoms with Gasteiger partial charge in [-0.3, -0.25) is 0 Å². The van der Waals surface area contributed by atoms with Crippen LogP contribution in [0.4, 0.5) is 5.69 Å². The van der Waals surface area contributed by atoms with Crippen molar-refractivity contribution < 1.29 is 19.7 Å². The third-order valence-corrected chi connectivity index (χ3v) is 3.23. The van der Waals surface area contributed by atoms with Gasteiger partial charge in [0.25, 0.3) is 0 Å². The molecule has 0 amide bonds. The Hall–Kier alpha value is -1.14. The minimum atomic E-state index is -1.27. The minimum Gasteiger partial charge on any atom is -0.388 e. The Bertz CT molecular complexity index is 399. The third kappa shape index (κ3) is 1.81. The Morgan fingerprint density at radius 3 is 2.76 bits per heavy atom. The van der Waals surface area contributed by atoms with Crippen molar-refractivity contribution in [1.82, 2.24) is 0 Å². The first-order chi connectivity index (χ1) is 8.19. The molecule has 5 nitrogen and oxygen atoms in total. The lowest BCUT2D eigenvalue weighted by molar-refractivity contribution is -0.0507. The van der Waals surface area contributed by atoms with Gasteiger partial charge in [-0.2, -0.15) is 0 Å². The molecule has 2 fully saturated rings. The molecule has 0 aromatic heterocycles. The lowest BCUT2D eigenvalue weighted by atomic mass is 10.0. The van der Waals surface area contributed by atoms with Gasteiger partial charge in [-0.25, -0.2) is 0 Å². The van der Waals surface area contributed by atoms with Crippen LogP contribution in [0.2, 0.25) is 0 Å². The van der Waals surface area contributed by atoms with E-state index in [2.05, 4.69) is 5.32 Å². The summed E-state index contributed by atoms with van der Waals surface area (Å²) in [5.41, 5.74) is -0.479. The van der Waals surface area contributed by atoms with Gasteiger partial charge in [0.1, 0.15) is 18.3 Å². The maximum Gasteiger partial charge on any atom is 0.188 e. The normalized spacial score (nSPS) is 40.2. The van der Waals surface area contributed by atoms with Crippen molar-refractivity contribution in [1.29, 1.82) is 0 Å². The standard InChI is InChI=1S/C12H15NO4/c14-9-6-16-11-10(9)17-7-12(11,15)13-8-4-2-1-3-5-8/h1-5,9-11,13-15H,6-7H2/t9-,10-,11+,12-/m1/s1. The van der Waals surface area contributed by atoms with Crippen molar-refractivity contribution in [3.8, 4) is 0 Å². The van der Waals surface area contributed by atoms with E-state index in [0.29, 0.717) is 0 Å². The molecule has 5 heteroatoms. The van der Waals surface area contributed by atoms with Crippen LogP contribution in [0.1, 0.15) is 0 Å². The predicted octanol–water partition coefficient (Wildman–Crippen LogP) is -0.0544. The third-order valence-electron chi connectivity index (χ3n) is 3.23. The van der Waals surface area contributed by atoms with Gasteiger partial charge in [0.05, 0.1) is 13.2 Å². The van der Waals surface area contributed by atoms with Crippen molar-refractivity contribution in [2.45, 2.75) is 24.0 Å². The van der Waals surface area contributed by atoms with Crippen LogP contribution in [0.25, 0.3) is 0 Å². The number of aliphatic hydroxyl groups excluding tert-OH is 1. The van der Waals surface area contributed by atoms with E-state index in [1.54, 1.807) is 0 Å². The summed E-state index contributed by atoms with van der Waals surface area (Å²) in [5.74, 6) is 0. The minimum absolute atomic E-state index is 0.105. The van der Waals surface area contributed by atoms with Crippen LogP contribution in [0.15, 0.2) is 30.3 Å². The highest BCUT2D eigenvalue weighted by Gasteiger charge is 2.56. The average molecular weight is 237 g/mol. The van der Waals surface area contributed by atoms with Crippen LogP contribution in [-0.4, -0.2) is 47.5 Å². The fraction of sp³-hybridized carbons (Fsp3) is 0.500. The summed E-state index contributed by atoms with van der Waals surface area (Å²) in [5, 5.41) is 23.1. The summed E-state index contributed by atoms with van der Waals surface area (Å²) in [7, 11) is 0. The molecular weight excluding hydrogens is 222 g/mol. The zero-order chi connectivity index (χ0) is 11.9. The Morgan fingerprint density at radius 2 is 2.00 bits per heavy atom. The van der Waals surface area contributed by atoms with Crippen molar-refractivity contribution in [3.05, 3.63) is 30.3 Å². The van der Waals surface area contributed by atoms with Gasteiger partial charge in [-0.1, -0.05) is 18.2 Å². The summed E-state index contributed by atoms with van der Waals surface area (Å²) < 4.78 is 10.8. The second-order valence-electron chi connectivity index (χ2n) is 4.51. The molecule has 2 saturated heterocycles. The molecule has 2 heterocycles. The smallest absolute Gasteiger partial charge is 0.188 e. The molecule has 1 aromatic rings. The molecule has 0 unspecified atom stereocenters. The van der Waals surface area contributed by atoms with Gasteiger partial charge in [-0.15, -0.1) is 0 Å². The molecule has 3 N–H and O–H groups in total. The second-order valence-corrected chi connectivity index (χ2v) is 4.51. The number of hydrogen-bond acceptors (Lipinski definition) is 5. The van der Waals surface area contributed by atoms with E-state index in [0.717, 1.165) is 5.69 Å². The van der Waals surface area contributed by atoms with Gasteiger partial charge in [-0.05, 0) is 12.1 Å². The first-order valence-corrected chi connectivity index (χ1v) is 5.66. The lowest BCUT2D eigenvalue weighted by Crippen LogP contribution is -2.50. The molecule has 0 aliphatic carbocycles. The van der Waals surface area contributed by atoms with E-state index < -0.39 is 24.0 Å². The summed E-state index contributed by atoms with van der Waals surface area (Å²) in [6.45, 7) is 0.308. The van der Waals surface area contributed by atoms with E-state index in [4.69, 9.17) is 9.47 Å². The van der Waals surface area contributed by atoms with Crippen LogP contribution in [0.3, 0.4) is 0 Å². The number of aliphatic hydroxyl groups is 2. The summed E-state index contributed by atoms with van der Waals surface area (Å²) in [4.78, 5) is 0. The summed E-state index contributed by atoms with van der Waals surface area (Å²) >= 11 is 0. The maximum absolute atomic E-state index is 10.5. The Labute approximate surface area is 99.0 Å². The lowest BCUT2D eigenvalue weighted by Gasteiger charge is -2.28. The molecule has 0 radical (unpaired) electrons. The van der Waals surface area contributed by atoms with Gasteiger partial charge < -0.3 is 25.0 Å². The van der Waals surface area contributed by atoms with E-state index in [-0.39, 0.29) is 13.2 Å². The van der Waals surface area contributed by atoms with Crippen LogP contribution in [-0.2, 0) is 9.47 Å². The first kappa shape index (κ1) is 11.0. The Kier molecular flexibility index (Phi) is 2.56. The zero-order valence-electron chi connectivity index (χ0n) is 9.24. The van der Waals surface area contributed by atoms with E-state index in [1.807, 2.05) is 30.3 Å². The molecule has 1 aromatic carbocycles. The van der Waals surface area contributed by atoms with Gasteiger partial charge in [0.15, 0.2) is 5.72 Å². The monoisotopic (exact) mass is 237 g/mol. The van der Waals surface area contributed by atoms with E-state index in [9.17, 15) is 10.2 Å². The molecule has 92 valence electrons. The number of ether oxygens (including phenoxy) is 2. The second kappa shape index (κ2) is 3.96. The molecule has 17 heavy (non-hydrogen) atoms. The summed E-state index contributed by atoms with van der Waals surface area (Å²) in [6.07, 6.45) is -1.64. The Morgan fingerprint density at radius 1 is 1.24 bits per heavy atom. The topological polar surface area (TPSA) is 71.0 Å². The molecule has 2 aliphatic rings. The predicted molar refractivity (Wildman–Crippen MR) is 60.5 cm³/mol. The number of fused-ring (bicyclic) bond motifs is 1. The number of para-hydroxylation sites is 1. The van der Waals surface area contributed by atoms with Crippen LogP contribution >= 0.6 is 0 Å². The number of hydrogen-bond donors (Lipinski definition) is 3. The Balaban J connectivity index is 1.79. The number of anilines is 1. The van der Waals surface area contributed by atoms with Crippen LogP contribution < -0.4 is 5.32 Å². The highest BCUT2D eigenvalue weighted by Crippen LogP contribution is 2.34. The van der Waals surface area contributed by atoms with Crippen LogP contribution in [0, 0.1) is 0 Å². The van der Waals surface area contributed by atoms with Crippen molar-refractivity contribution in [2.75, 3.05) is 18.5 Å². The van der Waals surface area contributed by atoms with Gasteiger partial charge in [0.2, 0.25) is 0 Å². The maximum atomic E-state index is 10.5. The number of benzene rings is 1. The molecule has 3 rings (SSSR count). The van der Waals surface area contributed by atoms with Crippen molar-refractivity contribution in [2.24, 2.45) is 0 Å². The SMILES string of the molecule is O[C@@H]1CO[C@H]2[C@@H]1OC[C@]2(O)Nc1ccccc1. The van der Waals surface area contributed by atoms with Gasteiger partial charge >= 0.3 is 0 Å². The fourth-order valence-corrected chi connectivity index (χ4v) is 2.39. The van der Waals surface area contributed by atoms with E-state index in [1.165, 1.54) is 0 Å². The molecule has 0 bridgehead atoms. The highest BCUT2D eigenvalue weighted by molar-refractivity contribution is 5.45. The molecule has 2 aliphatic heterocycles. The summed E-state index contributed by atoms with van der Waals surface area (Å²) in [6, 6.07) is 9.37. The molecule has 0 spiro atoms. The fourth-order valence-electron chi connectivity index (χ4n) is 2.39. The molecular formula is C12H15NO4. The molecule has 0 saturated carbocycles. The van der Waals surface area contributed by atoms with Crippen molar-refractivity contribution >= 4 is 5.69 Å². The average Bonchev–Trinajstić information content (AvgIpc) is 2.84. The highest BCUT2D eigenvalue weighted by atomic mass is 16.6. The quantitative estimate of drug-likeness (QED) is 0.629. The first-order valence-electron chi connectivity index (χ1n) is 5.66. The van der Waals surface area contributed by atoms with Crippen LogP contribution in [0.5, 0.6) is 0 Å². The van der Waals surface area contributed by atoms with Gasteiger partial charge in [0, 0.05) is 5.69 Å². The zero-order valence-corrected chi connectivity index (χ0v) is 9.24. The van der Waals surface area contributed by atoms with Crippen molar-refractivity contribution in [3.63, 3.8) is 0 Å². The largest absolute Gasteiger partial charge is 0.388 e. The number of rotatable bonds is 2. The number of nitrogens with one attached hydrogen (secondary N) is 1. The van der Waals surface area contributed by atoms with E-state index >= 15 is 0 Å².